The van der Waals surface area contributed by atoms with Crippen molar-refractivity contribution < 1.29 is 24.0 Å². The van der Waals surface area contributed by atoms with Gasteiger partial charge < -0.3 is 21.7 Å². The van der Waals surface area contributed by atoms with E-state index in [1.165, 1.54) is 17.1 Å². The Morgan fingerprint density at radius 2 is 1.76 bits per heavy atom. The number of carbonyl (C=O) groups excluding carboxylic acids is 5. The second-order valence-corrected chi connectivity index (χ2v) is 11.6. The van der Waals surface area contributed by atoms with Crippen LogP contribution in [0.2, 0.25) is 0 Å². The number of imide groups is 1. The molecule has 0 spiro atoms. The summed E-state index contributed by atoms with van der Waals surface area (Å²) in [5, 5.41) is 9.33. The SMILES string of the molecule is CCCCNC(=O)C1CCC(CN2C(=O)C=CC2=O)CC1.NC(=O)CCCC[C@@H]1SC[C@@H]2NC(=O)N[C@@H]21. The van der Waals surface area contributed by atoms with E-state index in [0.717, 1.165) is 70.1 Å². The quantitative estimate of drug-likeness (QED) is 0.180. The van der Waals surface area contributed by atoms with Crippen LogP contribution in [0.4, 0.5) is 4.79 Å². The third kappa shape index (κ3) is 8.76. The first-order chi connectivity index (χ1) is 17.8. The number of unbranched alkanes of at least 4 members (excludes halogenated alkanes) is 2. The maximum Gasteiger partial charge on any atom is 0.315 e. The molecule has 1 aliphatic carbocycles. The Hall–Kier alpha value is -2.56. The zero-order valence-electron chi connectivity index (χ0n) is 21.7. The number of thioether (sulfide) groups is 1. The van der Waals surface area contributed by atoms with Crippen LogP contribution in [-0.2, 0) is 19.2 Å². The number of nitrogens with zero attached hydrogens (tertiary/aromatic N) is 1. The summed E-state index contributed by atoms with van der Waals surface area (Å²) >= 11 is 1.90. The van der Waals surface area contributed by atoms with Crippen molar-refractivity contribution in [1.29, 1.82) is 0 Å². The standard InChI is InChI=1S/C16H24N2O3.C10H17N3O2S/c1-2-3-10-17-16(21)13-6-4-12(5-7-13)11-18-14(19)8-9-15(18)20;11-8(14)4-2-1-3-7-9-6(5-16-7)12-10(15)13-9/h8-9,12-13H,2-7,10-11H2,1H3,(H,17,21);6-7,9H,1-5H2,(H2,11,14)(H2,12,13,15)/t;6-,7-,9-/m.0/s1. The summed E-state index contributed by atoms with van der Waals surface area (Å²) in [7, 11) is 0. The molecule has 0 aromatic rings. The third-order valence-electron chi connectivity index (χ3n) is 7.49. The van der Waals surface area contributed by atoms with Crippen LogP contribution in [0.15, 0.2) is 12.2 Å². The molecule has 4 rings (SSSR count). The zero-order chi connectivity index (χ0) is 26.8. The number of fused-ring (bicyclic) bond motifs is 1. The molecule has 37 heavy (non-hydrogen) atoms. The summed E-state index contributed by atoms with van der Waals surface area (Å²) in [5.41, 5.74) is 5.08. The van der Waals surface area contributed by atoms with Gasteiger partial charge >= 0.3 is 6.03 Å². The molecule has 0 aromatic heterocycles. The molecule has 6 amide bonds. The van der Waals surface area contributed by atoms with Crippen LogP contribution >= 0.6 is 11.8 Å². The van der Waals surface area contributed by atoms with E-state index in [2.05, 4.69) is 22.9 Å². The lowest BCUT2D eigenvalue weighted by atomic mass is 9.81. The smallest absolute Gasteiger partial charge is 0.315 e. The van der Waals surface area contributed by atoms with Gasteiger partial charge in [-0.15, -0.1) is 0 Å². The Balaban J connectivity index is 0.000000213. The molecule has 1 saturated carbocycles. The number of primary amides is 1. The highest BCUT2D eigenvalue weighted by molar-refractivity contribution is 8.00. The van der Waals surface area contributed by atoms with Gasteiger partial charge in [0.05, 0.1) is 12.1 Å². The average molecular weight is 536 g/mol. The first-order valence-corrected chi connectivity index (χ1v) is 14.6. The summed E-state index contributed by atoms with van der Waals surface area (Å²) in [6.07, 6.45) is 11.6. The Morgan fingerprint density at radius 3 is 2.41 bits per heavy atom. The normalized spacial score (nSPS) is 28.3. The van der Waals surface area contributed by atoms with E-state index in [1.807, 2.05) is 11.8 Å². The van der Waals surface area contributed by atoms with E-state index < -0.39 is 0 Å². The van der Waals surface area contributed by atoms with E-state index in [9.17, 15) is 24.0 Å². The van der Waals surface area contributed by atoms with Gasteiger partial charge in [-0.1, -0.05) is 19.8 Å². The van der Waals surface area contributed by atoms with Gasteiger partial charge in [0, 0.05) is 48.6 Å². The third-order valence-corrected chi connectivity index (χ3v) is 9.00. The Kier molecular flexibility index (Phi) is 11.3. The molecule has 4 aliphatic rings. The van der Waals surface area contributed by atoms with E-state index in [-0.39, 0.29) is 41.6 Å². The number of amides is 6. The number of carbonyl (C=O) groups is 5. The van der Waals surface area contributed by atoms with Gasteiger partial charge in [0.15, 0.2) is 0 Å². The molecule has 5 N–H and O–H groups in total. The van der Waals surface area contributed by atoms with Gasteiger partial charge in [-0.25, -0.2) is 4.79 Å². The van der Waals surface area contributed by atoms with E-state index in [1.54, 1.807) is 0 Å². The Morgan fingerprint density at radius 1 is 1.05 bits per heavy atom. The monoisotopic (exact) mass is 535 g/mol. The largest absolute Gasteiger partial charge is 0.370 e. The van der Waals surface area contributed by atoms with Gasteiger partial charge in [0.25, 0.3) is 11.8 Å². The van der Waals surface area contributed by atoms with Crippen molar-refractivity contribution in [2.75, 3.05) is 18.8 Å². The summed E-state index contributed by atoms with van der Waals surface area (Å²) in [6, 6.07) is 0.516. The number of nitrogens with two attached hydrogens (primary N) is 1. The minimum absolute atomic E-state index is 0.0440. The van der Waals surface area contributed by atoms with Crippen molar-refractivity contribution in [2.24, 2.45) is 17.6 Å². The fraction of sp³-hybridized carbons (Fsp3) is 0.731. The average Bonchev–Trinajstić information content (AvgIpc) is 3.52. The molecule has 2 saturated heterocycles. The van der Waals surface area contributed by atoms with Crippen LogP contribution in [-0.4, -0.2) is 70.7 Å². The molecule has 0 radical (unpaired) electrons. The molecular formula is C26H41N5O5S. The Labute approximate surface area is 223 Å². The Bertz CT molecular complexity index is 855. The van der Waals surface area contributed by atoms with Crippen molar-refractivity contribution in [3.05, 3.63) is 12.2 Å². The minimum Gasteiger partial charge on any atom is -0.370 e. The zero-order valence-corrected chi connectivity index (χ0v) is 22.5. The summed E-state index contributed by atoms with van der Waals surface area (Å²) in [6.45, 7) is 3.36. The van der Waals surface area contributed by atoms with Gasteiger partial charge in [0.1, 0.15) is 0 Å². The summed E-state index contributed by atoms with van der Waals surface area (Å²) in [5.74, 6) is 0.936. The summed E-state index contributed by atoms with van der Waals surface area (Å²) < 4.78 is 0. The maximum absolute atomic E-state index is 12.0. The maximum atomic E-state index is 12.0. The van der Waals surface area contributed by atoms with Crippen molar-refractivity contribution in [3.8, 4) is 0 Å². The first-order valence-electron chi connectivity index (χ1n) is 13.6. The summed E-state index contributed by atoms with van der Waals surface area (Å²) in [4.78, 5) is 58.1. The minimum atomic E-state index is -0.229. The predicted molar refractivity (Wildman–Crippen MR) is 142 cm³/mol. The van der Waals surface area contributed by atoms with E-state index in [4.69, 9.17) is 5.73 Å². The van der Waals surface area contributed by atoms with Crippen LogP contribution in [0, 0.1) is 11.8 Å². The molecule has 3 fully saturated rings. The van der Waals surface area contributed by atoms with Crippen LogP contribution in [0.1, 0.15) is 71.1 Å². The van der Waals surface area contributed by atoms with E-state index >= 15 is 0 Å². The van der Waals surface area contributed by atoms with Crippen LogP contribution in [0.5, 0.6) is 0 Å². The fourth-order valence-corrected chi connectivity index (χ4v) is 6.84. The molecule has 11 heteroatoms. The molecule has 0 unspecified atom stereocenters. The molecule has 0 bridgehead atoms. The lowest BCUT2D eigenvalue weighted by molar-refractivity contribution is -0.138. The van der Waals surface area contributed by atoms with Crippen LogP contribution in [0.25, 0.3) is 0 Å². The van der Waals surface area contributed by atoms with Gasteiger partial charge in [0.2, 0.25) is 11.8 Å². The lowest BCUT2D eigenvalue weighted by Gasteiger charge is -2.30. The second-order valence-electron chi connectivity index (χ2n) is 10.3. The highest BCUT2D eigenvalue weighted by Crippen LogP contribution is 2.33. The number of urea groups is 1. The predicted octanol–water partition coefficient (Wildman–Crippen LogP) is 1.83. The molecule has 206 valence electrons. The second kappa shape index (κ2) is 14.4. The van der Waals surface area contributed by atoms with E-state index in [0.29, 0.717) is 30.2 Å². The van der Waals surface area contributed by atoms with Gasteiger partial charge in [-0.2, -0.15) is 11.8 Å². The number of rotatable bonds is 11. The van der Waals surface area contributed by atoms with Crippen LogP contribution in [0.3, 0.4) is 0 Å². The lowest BCUT2D eigenvalue weighted by Crippen LogP contribution is -2.38. The van der Waals surface area contributed by atoms with Crippen molar-refractivity contribution >= 4 is 41.4 Å². The molecule has 0 aromatic carbocycles. The van der Waals surface area contributed by atoms with Gasteiger partial charge in [-0.3, -0.25) is 24.1 Å². The number of hydrogen-bond donors (Lipinski definition) is 4. The highest BCUT2D eigenvalue weighted by Gasteiger charge is 2.42. The van der Waals surface area contributed by atoms with Crippen LogP contribution < -0.4 is 21.7 Å². The first kappa shape index (κ1) is 29.0. The molecule has 3 aliphatic heterocycles. The van der Waals surface area contributed by atoms with Crippen molar-refractivity contribution in [2.45, 2.75) is 88.5 Å². The molecule has 3 atom stereocenters. The fourth-order valence-electron chi connectivity index (χ4n) is 5.30. The van der Waals surface area contributed by atoms with Crippen molar-refractivity contribution in [3.63, 3.8) is 0 Å². The molecule has 3 heterocycles. The van der Waals surface area contributed by atoms with Gasteiger partial charge in [-0.05, 0) is 50.9 Å². The van der Waals surface area contributed by atoms with Crippen molar-refractivity contribution in [1.82, 2.24) is 20.9 Å². The topological polar surface area (TPSA) is 151 Å². The number of nitrogens with one attached hydrogen (secondary N) is 3. The highest BCUT2D eigenvalue weighted by atomic mass is 32.2. The molecule has 10 nitrogen and oxygen atoms in total. The number of hydrogen-bond acceptors (Lipinski definition) is 6. The molecular weight excluding hydrogens is 494 g/mol.